The number of carbonyl (C=O) groups is 3. The van der Waals surface area contributed by atoms with Crippen molar-refractivity contribution in [2.45, 2.75) is 18.9 Å². The Morgan fingerprint density at radius 1 is 1.15 bits per heavy atom. The minimum absolute atomic E-state index is 0.126. The molecule has 6 heteroatoms. The molecular formula is C20H23NO4S. The second-order valence-corrected chi connectivity index (χ2v) is 7.00. The lowest BCUT2D eigenvalue weighted by atomic mass is 10.1. The Bertz CT molecular complexity index is 672. The van der Waals surface area contributed by atoms with Gasteiger partial charge in [0.25, 0.3) is 0 Å². The molecule has 1 aromatic rings. The van der Waals surface area contributed by atoms with E-state index in [0.717, 1.165) is 5.56 Å². The molecule has 1 aromatic carbocycles. The van der Waals surface area contributed by atoms with Gasteiger partial charge in [-0.1, -0.05) is 54.6 Å². The number of ketones is 1. The second-order valence-electron chi connectivity index (χ2n) is 5.90. The highest BCUT2D eigenvalue weighted by Gasteiger charge is 2.22. The van der Waals surface area contributed by atoms with Crippen molar-refractivity contribution in [1.29, 1.82) is 0 Å². The first-order valence-corrected chi connectivity index (χ1v) is 9.62. The summed E-state index contributed by atoms with van der Waals surface area (Å²) in [6.07, 6.45) is 8.25. The van der Waals surface area contributed by atoms with Gasteiger partial charge in [-0.3, -0.25) is 9.59 Å². The van der Waals surface area contributed by atoms with E-state index in [1.807, 2.05) is 54.6 Å². The third kappa shape index (κ3) is 6.52. The van der Waals surface area contributed by atoms with Gasteiger partial charge in [0.15, 0.2) is 0 Å². The predicted molar refractivity (Wildman–Crippen MR) is 103 cm³/mol. The normalized spacial score (nSPS) is 14.2. The van der Waals surface area contributed by atoms with Gasteiger partial charge in [-0.15, -0.1) is 0 Å². The molecule has 2 rings (SSSR count). The maximum Gasteiger partial charge on any atom is 0.328 e. The monoisotopic (exact) mass is 373 g/mol. The van der Waals surface area contributed by atoms with Crippen LogP contribution in [0.2, 0.25) is 0 Å². The Morgan fingerprint density at radius 3 is 2.50 bits per heavy atom. The number of nitrogens with one attached hydrogen (secondary N) is 1. The molecule has 26 heavy (non-hydrogen) atoms. The van der Waals surface area contributed by atoms with Gasteiger partial charge in [-0.05, 0) is 5.56 Å². The zero-order valence-corrected chi connectivity index (χ0v) is 15.5. The fourth-order valence-electron chi connectivity index (χ4n) is 2.57. The summed E-state index contributed by atoms with van der Waals surface area (Å²) in [5.41, 5.74) is 0.944. The van der Waals surface area contributed by atoms with E-state index in [4.69, 9.17) is 4.74 Å². The van der Waals surface area contributed by atoms with E-state index in [-0.39, 0.29) is 23.4 Å². The number of benzene rings is 1. The Kier molecular flexibility index (Phi) is 8.15. The number of hydrogen-bond acceptors (Lipinski definition) is 5. The third-order valence-electron chi connectivity index (χ3n) is 3.95. The molecule has 0 radical (unpaired) electrons. The molecule has 1 aliphatic rings. The predicted octanol–water partition coefficient (Wildman–Crippen LogP) is 2.32. The van der Waals surface area contributed by atoms with Gasteiger partial charge in [0.1, 0.15) is 11.8 Å². The minimum Gasteiger partial charge on any atom is -0.467 e. The summed E-state index contributed by atoms with van der Waals surface area (Å²) in [5, 5.41) is 2.72. The molecule has 5 nitrogen and oxygen atoms in total. The van der Waals surface area contributed by atoms with Gasteiger partial charge in [0.05, 0.1) is 18.8 Å². The van der Waals surface area contributed by atoms with Crippen molar-refractivity contribution in [3.63, 3.8) is 0 Å². The summed E-state index contributed by atoms with van der Waals surface area (Å²) in [4.78, 5) is 36.0. The molecule has 0 spiro atoms. The van der Waals surface area contributed by atoms with Gasteiger partial charge in [0.2, 0.25) is 5.91 Å². The van der Waals surface area contributed by atoms with Gasteiger partial charge in [0, 0.05) is 18.6 Å². The van der Waals surface area contributed by atoms with E-state index in [0.29, 0.717) is 18.6 Å². The van der Waals surface area contributed by atoms with E-state index in [9.17, 15) is 14.4 Å². The van der Waals surface area contributed by atoms with Crippen LogP contribution in [-0.4, -0.2) is 42.3 Å². The first-order valence-electron chi connectivity index (χ1n) is 8.46. The fraction of sp³-hybridized carbons (Fsp3) is 0.350. The Morgan fingerprint density at radius 2 is 1.85 bits per heavy atom. The van der Waals surface area contributed by atoms with Crippen LogP contribution in [0.25, 0.3) is 0 Å². The van der Waals surface area contributed by atoms with Gasteiger partial charge in [-0.2, -0.15) is 11.8 Å². The van der Waals surface area contributed by atoms with Crippen LogP contribution in [0.15, 0.2) is 54.6 Å². The van der Waals surface area contributed by atoms with Crippen molar-refractivity contribution in [2.24, 2.45) is 5.92 Å². The lowest BCUT2D eigenvalue weighted by molar-refractivity contribution is -0.144. The zero-order valence-electron chi connectivity index (χ0n) is 14.7. The number of carbonyl (C=O) groups excluding carboxylic acids is 3. The highest BCUT2D eigenvalue weighted by molar-refractivity contribution is 7.99. The van der Waals surface area contributed by atoms with Crippen molar-refractivity contribution >= 4 is 29.4 Å². The zero-order chi connectivity index (χ0) is 18.8. The minimum atomic E-state index is -0.717. The maximum absolute atomic E-state index is 12.1. The number of thioether (sulfide) groups is 1. The number of amides is 1. The highest BCUT2D eigenvalue weighted by Crippen LogP contribution is 2.14. The van der Waals surface area contributed by atoms with Crippen LogP contribution in [0.4, 0.5) is 0 Å². The summed E-state index contributed by atoms with van der Waals surface area (Å²) < 4.78 is 4.78. The van der Waals surface area contributed by atoms with Crippen LogP contribution in [0.5, 0.6) is 0 Å². The van der Waals surface area contributed by atoms with Gasteiger partial charge >= 0.3 is 5.97 Å². The van der Waals surface area contributed by atoms with Crippen LogP contribution >= 0.6 is 11.8 Å². The molecule has 0 saturated heterocycles. The highest BCUT2D eigenvalue weighted by atomic mass is 32.2. The first kappa shape index (κ1) is 20.0. The molecule has 1 N–H and O–H groups in total. The first-order chi connectivity index (χ1) is 12.6. The number of esters is 1. The summed E-state index contributed by atoms with van der Waals surface area (Å²) >= 11 is 1.38. The van der Waals surface area contributed by atoms with E-state index in [2.05, 4.69) is 5.32 Å². The van der Waals surface area contributed by atoms with Crippen LogP contribution in [0.3, 0.4) is 0 Å². The number of hydrogen-bond donors (Lipinski definition) is 1. The molecule has 0 fully saturated rings. The standard InChI is InChI=1S/C20H23NO4S/c1-25-20(24)17(13-15-7-3-2-4-8-15)21-19(23)14-26-12-11-18(22)16-9-5-6-10-16/h2-10,16-17H,11-14H2,1H3,(H,21,23)/t17-/m0/s1. The topological polar surface area (TPSA) is 72.5 Å². The molecular weight excluding hydrogens is 350 g/mol. The number of methoxy groups -OCH3 is 1. The summed E-state index contributed by atoms with van der Waals surface area (Å²) in [5.74, 6) is 0.0906. The number of Topliss-reactive ketones (excluding diaryl/α,β-unsaturated/α-hetero) is 1. The Balaban J connectivity index is 1.74. The van der Waals surface area contributed by atoms with E-state index >= 15 is 0 Å². The fourth-order valence-corrected chi connectivity index (χ4v) is 3.33. The lowest BCUT2D eigenvalue weighted by Gasteiger charge is -2.16. The Labute approximate surface area is 157 Å². The molecule has 0 heterocycles. The summed E-state index contributed by atoms with van der Waals surface area (Å²) in [7, 11) is 1.30. The van der Waals surface area contributed by atoms with Crippen molar-refractivity contribution in [2.75, 3.05) is 18.6 Å². The number of allylic oxidation sites excluding steroid dienone is 4. The van der Waals surface area contributed by atoms with Gasteiger partial charge in [-0.25, -0.2) is 4.79 Å². The SMILES string of the molecule is COC(=O)[C@H](Cc1ccccc1)NC(=O)CSCCC(=O)C1C=CC=C1. The van der Waals surface area contributed by atoms with Crippen molar-refractivity contribution in [1.82, 2.24) is 5.32 Å². The van der Waals surface area contributed by atoms with E-state index in [1.54, 1.807) is 0 Å². The average molecular weight is 373 g/mol. The van der Waals surface area contributed by atoms with Crippen LogP contribution in [0.1, 0.15) is 12.0 Å². The number of ether oxygens (including phenoxy) is 1. The van der Waals surface area contributed by atoms with Crippen molar-refractivity contribution in [3.8, 4) is 0 Å². The second kappa shape index (κ2) is 10.6. The lowest BCUT2D eigenvalue weighted by Crippen LogP contribution is -2.43. The van der Waals surface area contributed by atoms with Crippen LogP contribution in [0, 0.1) is 5.92 Å². The largest absolute Gasteiger partial charge is 0.467 e. The molecule has 0 unspecified atom stereocenters. The molecule has 1 aliphatic carbocycles. The number of rotatable bonds is 10. The van der Waals surface area contributed by atoms with Crippen molar-refractivity contribution in [3.05, 3.63) is 60.2 Å². The summed E-state index contributed by atoms with van der Waals surface area (Å²) in [6.45, 7) is 0. The summed E-state index contributed by atoms with van der Waals surface area (Å²) in [6, 6.07) is 8.73. The molecule has 0 bridgehead atoms. The molecule has 1 amide bonds. The average Bonchev–Trinajstić information content (AvgIpc) is 3.19. The van der Waals surface area contributed by atoms with Crippen LogP contribution in [-0.2, 0) is 25.5 Å². The van der Waals surface area contributed by atoms with Crippen molar-refractivity contribution < 1.29 is 19.1 Å². The molecule has 138 valence electrons. The molecule has 0 aromatic heterocycles. The van der Waals surface area contributed by atoms with Crippen LogP contribution < -0.4 is 5.32 Å². The molecule has 0 saturated carbocycles. The molecule has 0 aliphatic heterocycles. The van der Waals surface area contributed by atoms with Gasteiger partial charge < -0.3 is 10.1 Å². The van der Waals surface area contributed by atoms with E-state index in [1.165, 1.54) is 18.9 Å². The smallest absolute Gasteiger partial charge is 0.328 e. The molecule has 1 atom stereocenters. The van der Waals surface area contributed by atoms with E-state index < -0.39 is 12.0 Å². The maximum atomic E-state index is 12.1. The quantitative estimate of drug-likeness (QED) is 0.503. The Hall–Kier alpha value is -2.34. The third-order valence-corrected chi connectivity index (χ3v) is 4.91.